The number of morpholine rings is 1. The number of allylic oxidation sites excluding steroid dienone is 2. The van der Waals surface area contributed by atoms with Gasteiger partial charge >= 0.3 is 0 Å². The average Bonchev–Trinajstić information content (AvgIpc) is 3.07. The van der Waals surface area contributed by atoms with Crippen LogP contribution in [0.2, 0.25) is 0 Å². The van der Waals surface area contributed by atoms with Gasteiger partial charge in [-0.1, -0.05) is 42.0 Å². The van der Waals surface area contributed by atoms with Crippen LogP contribution < -0.4 is 0 Å². The van der Waals surface area contributed by atoms with E-state index in [9.17, 15) is 4.79 Å². The van der Waals surface area contributed by atoms with E-state index in [4.69, 9.17) is 9.15 Å². The molecule has 2 aromatic rings. The van der Waals surface area contributed by atoms with Crippen molar-refractivity contribution in [2.24, 2.45) is 0 Å². The molecule has 6 heteroatoms. The van der Waals surface area contributed by atoms with Crippen LogP contribution in [0.25, 0.3) is 11.5 Å². The average molecular weight is 323 g/mol. The maximum atomic E-state index is 12.2. The second-order valence-electron chi connectivity index (χ2n) is 5.92. The Bertz CT molecular complexity index is 807. The Balaban J connectivity index is 1.54. The van der Waals surface area contributed by atoms with Crippen molar-refractivity contribution in [1.29, 1.82) is 0 Å². The number of benzene rings is 1. The van der Waals surface area contributed by atoms with Crippen molar-refractivity contribution < 1.29 is 13.9 Å². The van der Waals surface area contributed by atoms with Crippen molar-refractivity contribution in [3.05, 3.63) is 60.0 Å². The van der Waals surface area contributed by atoms with E-state index >= 15 is 0 Å². The molecule has 6 nitrogen and oxygen atoms in total. The Labute approximate surface area is 139 Å². The molecule has 0 radical (unpaired) electrons. The molecule has 0 saturated carbocycles. The van der Waals surface area contributed by atoms with E-state index in [1.807, 2.05) is 55.5 Å². The molecule has 0 bridgehead atoms. The smallest absolute Gasteiger partial charge is 0.249 e. The van der Waals surface area contributed by atoms with Gasteiger partial charge in [0.15, 0.2) is 0 Å². The first kappa shape index (κ1) is 14.8. The monoisotopic (exact) mass is 323 g/mol. The van der Waals surface area contributed by atoms with E-state index < -0.39 is 0 Å². The van der Waals surface area contributed by atoms with Gasteiger partial charge < -0.3 is 14.1 Å². The summed E-state index contributed by atoms with van der Waals surface area (Å²) in [7, 11) is 0. The van der Waals surface area contributed by atoms with Gasteiger partial charge in [-0.25, -0.2) is 0 Å². The molecule has 0 unspecified atom stereocenters. The number of rotatable bonds is 3. The summed E-state index contributed by atoms with van der Waals surface area (Å²) >= 11 is 0. The van der Waals surface area contributed by atoms with Gasteiger partial charge in [-0.05, 0) is 19.1 Å². The topological polar surface area (TPSA) is 68.5 Å². The molecule has 24 heavy (non-hydrogen) atoms. The number of hydrogen-bond donors (Lipinski definition) is 0. The van der Waals surface area contributed by atoms with E-state index in [0.29, 0.717) is 11.8 Å². The summed E-state index contributed by atoms with van der Waals surface area (Å²) in [5.41, 5.74) is 2.03. The lowest BCUT2D eigenvalue weighted by Crippen LogP contribution is -2.53. The van der Waals surface area contributed by atoms with Crippen molar-refractivity contribution in [3.63, 3.8) is 0 Å². The SMILES string of the molecule is Cc1ccc(-c2nnc(CN3C(=O)CO[C@@H]4C=CC=C[C@H]43)o2)cc1. The second-order valence-corrected chi connectivity index (χ2v) is 5.92. The highest BCUT2D eigenvalue weighted by atomic mass is 16.5. The third-order valence-corrected chi connectivity index (χ3v) is 4.21. The van der Waals surface area contributed by atoms with E-state index in [2.05, 4.69) is 10.2 Å². The molecule has 2 aliphatic rings. The predicted octanol–water partition coefficient (Wildman–Crippen LogP) is 2.27. The molecule has 1 aliphatic carbocycles. The summed E-state index contributed by atoms with van der Waals surface area (Å²) in [5.74, 6) is 0.801. The third kappa shape index (κ3) is 2.76. The van der Waals surface area contributed by atoms with Crippen molar-refractivity contribution in [2.75, 3.05) is 6.61 Å². The molecule has 0 spiro atoms. The van der Waals surface area contributed by atoms with E-state index in [0.717, 1.165) is 5.56 Å². The lowest BCUT2D eigenvalue weighted by atomic mass is 10.0. The summed E-state index contributed by atoms with van der Waals surface area (Å²) in [6.07, 6.45) is 7.64. The molecular formula is C18H17N3O3. The van der Waals surface area contributed by atoms with Crippen LogP contribution in [-0.4, -0.2) is 39.8 Å². The largest absolute Gasteiger partial charge is 0.419 e. The minimum atomic E-state index is -0.133. The number of amides is 1. The molecule has 2 atom stereocenters. The Morgan fingerprint density at radius 3 is 2.79 bits per heavy atom. The fourth-order valence-electron chi connectivity index (χ4n) is 2.90. The standard InChI is InChI=1S/C18H17N3O3/c1-12-6-8-13(9-7-12)18-20-19-16(24-18)10-21-14-4-2-3-5-15(14)23-11-17(21)22/h2-9,14-15H,10-11H2,1H3/t14-,15-/m1/s1. The van der Waals surface area contributed by atoms with Gasteiger partial charge in [-0.15, -0.1) is 10.2 Å². The number of carbonyl (C=O) groups is 1. The zero-order chi connectivity index (χ0) is 16.5. The molecule has 2 heterocycles. The van der Waals surface area contributed by atoms with Crippen LogP contribution >= 0.6 is 0 Å². The number of aryl methyl sites for hydroxylation is 1. The summed E-state index contributed by atoms with van der Waals surface area (Å²) in [5, 5.41) is 8.18. The van der Waals surface area contributed by atoms with Gasteiger partial charge in [0, 0.05) is 5.56 Å². The number of nitrogens with zero attached hydrogens (tertiary/aromatic N) is 3. The first-order valence-electron chi connectivity index (χ1n) is 7.86. The zero-order valence-corrected chi connectivity index (χ0v) is 13.3. The predicted molar refractivity (Wildman–Crippen MR) is 86.8 cm³/mol. The molecule has 0 N–H and O–H groups in total. The number of hydrogen-bond acceptors (Lipinski definition) is 5. The minimum Gasteiger partial charge on any atom is -0.419 e. The molecule has 1 saturated heterocycles. The molecular weight excluding hydrogens is 306 g/mol. The van der Waals surface area contributed by atoms with Crippen LogP contribution in [0.15, 0.2) is 53.0 Å². The van der Waals surface area contributed by atoms with Gasteiger partial charge in [-0.3, -0.25) is 4.79 Å². The normalized spacial score (nSPS) is 22.7. The van der Waals surface area contributed by atoms with E-state index in [1.165, 1.54) is 5.56 Å². The highest BCUT2D eigenvalue weighted by Crippen LogP contribution is 2.24. The lowest BCUT2D eigenvalue weighted by molar-refractivity contribution is -0.152. The van der Waals surface area contributed by atoms with Crippen LogP contribution in [0.4, 0.5) is 0 Å². The van der Waals surface area contributed by atoms with Crippen LogP contribution in [0, 0.1) is 6.92 Å². The van der Waals surface area contributed by atoms with Gasteiger partial charge in [-0.2, -0.15) is 0 Å². The van der Waals surface area contributed by atoms with Crippen molar-refractivity contribution in [2.45, 2.75) is 25.6 Å². The zero-order valence-electron chi connectivity index (χ0n) is 13.3. The highest BCUT2D eigenvalue weighted by molar-refractivity contribution is 5.79. The Kier molecular flexibility index (Phi) is 3.74. The molecule has 4 rings (SSSR count). The Morgan fingerprint density at radius 1 is 1.17 bits per heavy atom. The summed E-state index contributed by atoms with van der Waals surface area (Å²) in [6.45, 7) is 2.37. The summed E-state index contributed by atoms with van der Waals surface area (Å²) in [4.78, 5) is 13.9. The second kappa shape index (κ2) is 6.05. The first-order valence-corrected chi connectivity index (χ1v) is 7.86. The maximum absolute atomic E-state index is 12.2. The molecule has 1 fully saturated rings. The Morgan fingerprint density at radius 2 is 1.96 bits per heavy atom. The summed E-state index contributed by atoms with van der Waals surface area (Å²) < 4.78 is 11.3. The van der Waals surface area contributed by atoms with Crippen molar-refractivity contribution in [1.82, 2.24) is 15.1 Å². The van der Waals surface area contributed by atoms with Crippen molar-refractivity contribution >= 4 is 5.91 Å². The fourth-order valence-corrected chi connectivity index (χ4v) is 2.90. The van der Waals surface area contributed by atoms with Crippen LogP contribution in [-0.2, 0) is 16.1 Å². The molecule has 122 valence electrons. The van der Waals surface area contributed by atoms with Gasteiger partial charge in [0.2, 0.25) is 17.7 Å². The van der Waals surface area contributed by atoms with Crippen LogP contribution in [0.1, 0.15) is 11.5 Å². The molecule has 1 amide bonds. The van der Waals surface area contributed by atoms with E-state index in [-0.39, 0.29) is 31.2 Å². The Hall–Kier alpha value is -2.73. The first-order chi connectivity index (χ1) is 11.7. The lowest BCUT2D eigenvalue weighted by Gasteiger charge is -2.38. The molecule has 1 aromatic heterocycles. The van der Waals surface area contributed by atoms with Crippen LogP contribution in [0.5, 0.6) is 0 Å². The molecule has 1 aromatic carbocycles. The van der Waals surface area contributed by atoms with E-state index in [1.54, 1.807) is 4.90 Å². The maximum Gasteiger partial charge on any atom is 0.249 e. The molecule has 1 aliphatic heterocycles. The highest BCUT2D eigenvalue weighted by Gasteiger charge is 2.35. The fraction of sp³-hybridized carbons (Fsp3) is 0.278. The number of carbonyl (C=O) groups excluding carboxylic acids is 1. The number of aromatic nitrogens is 2. The third-order valence-electron chi connectivity index (χ3n) is 4.21. The summed E-state index contributed by atoms with van der Waals surface area (Å²) in [6, 6.07) is 7.74. The van der Waals surface area contributed by atoms with Crippen LogP contribution in [0.3, 0.4) is 0 Å². The van der Waals surface area contributed by atoms with Gasteiger partial charge in [0.1, 0.15) is 12.7 Å². The number of fused-ring (bicyclic) bond motifs is 1. The minimum absolute atomic E-state index is 0.0678. The van der Waals surface area contributed by atoms with Crippen molar-refractivity contribution in [3.8, 4) is 11.5 Å². The number of ether oxygens (including phenoxy) is 1. The van der Waals surface area contributed by atoms with Gasteiger partial charge in [0.05, 0.1) is 12.6 Å². The quantitative estimate of drug-likeness (QED) is 0.867. The van der Waals surface area contributed by atoms with Gasteiger partial charge in [0.25, 0.3) is 0 Å².